The van der Waals surface area contributed by atoms with Crippen LogP contribution in [0.3, 0.4) is 0 Å². The van der Waals surface area contributed by atoms with Crippen LogP contribution in [0.5, 0.6) is 5.75 Å². The van der Waals surface area contributed by atoms with Crippen molar-refractivity contribution in [1.82, 2.24) is 4.90 Å². The fourth-order valence-electron chi connectivity index (χ4n) is 4.44. The molecule has 2 aromatic carbocycles. The molecule has 3 nitrogen and oxygen atoms in total. The van der Waals surface area contributed by atoms with Crippen LogP contribution in [-0.2, 0) is 10.9 Å². The zero-order valence-electron chi connectivity index (χ0n) is 21.6. The number of halogens is 4. The van der Waals surface area contributed by atoms with Gasteiger partial charge >= 0.3 is 6.18 Å². The second-order valence-corrected chi connectivity index (χ2v) is 17.4. The Hall–Kier alpha value is -1.35. The van der Waals surface area contributed by atoms with Crippen molar-refractivity contribution in [2.45, 2.75) is 57.2 Å². The van der Waals surface area contributed by atoms with Crippen molar-refractivity contribution in [2.75, 3.05) is 31.8 Å². The summed E-state index contributed by atoms with van der Waals surface area (Å²) >= 11 is 3.60. The van der Waals surface area contributed by atoms with E-state index in [1.165, 1.54) is 25.0 Å². The summed E-state index contributed by atoms with van der Waals surface area (Å²) < 4.78 is 51.3. The minimum absolute atomic E-state index is 0.260. The molecular formula is C28H39BrF3NO2Si. The van der Waals surface area contributed by atoms with Gasteiger partial charge in [0.2, 0.25) is 0 Å². The molecule has 1 atom stereocenters. The molecule has 0 radical (unpaired) electrons. The van der Waals surface area contributed by atoms with Gasteiger partial charge in [0, 0.05) is 39.5 Å². The smallest absolute Gasteiger partial charge is 0.416 e. The summed E-state index contributed by atoms with van der Waals surface area (Å²) in [4.78, 5) is 2.38. The lowest BCUT2D eigenvalue weighted by atomic mass is 9.76. The number of hydrogen-bond acceptors (Lipinski definition) is 3. The Morgan fingerprint density at radius 2 is 1.67 bits per heavy atom. The van der Waals surface area contributed by atoms with Crippen molar-refractivity contribution in [2.24, 2.45) is 11.8 Å². The van der Waals surface area contributed by atoms with Crippen LogP contribution < -0.4 is 4.74 Å². The van der Waals surface area contributed by atoms with Gasteiger partial charge in [0.15, 0.2) is 0 Å². The largest absolute Gasteiger partial charge is 0.486 e. The van der Waals surface area contributed by atoms with Gasteiger partial charge in [-0.05, 0) is 60.6 Å². The highest BCUT2D eigenvalue weighted by Crippen LogP contribution is 2.36. The maximum absolute atomic E-state index is 13.0. The van der Waals surface area contributed by atoms with Gasteiger partial charge in [-0.1, -0.05) is 65.9 Å². The van der Waals surface area contributed by atoms with E-state index in [1.54, 1.807) is 0 Å². The first-order valence-electron chi connectivity index (χ1n) is 12.8. The van der Waals surface area contributed by atoms with Crippen molar-refractivity contribution in [3.8, 4) is 5.75 Å². The topological polar surface area (TPSA) is 21.7 Å². The average molecular weight is 587 g/mol. The van der Waals surface area contributed by atoms with E-state index < -0.39 is 19.8 Å². The molecule has 1 unspecified atom stereocenters. The maximum Gasteiger partial charge on any atom is 0.416 e. The summed E-state index contributed by atoms with van der Waals surface area (Å²) in [7, 11) is -1.15. The van der Waals surface area contributed by atoms with Crippen molar-refractivity contribution < 1.29 is 22.6 Å². The van der Waals surface area contributed by atoms with Crippen LogP contribution in [0.1, 0.15) is 36.5 Å². The second-order valence-electron chi connectivity index (χ2n) is 11.1. The first-order valence-corrected chi connectivity index (χ1v) is 17.6. The first-order chi connectivity index (χ1) is 17.0. The summed E-state index contributed by atoms with van der Waals surface area (Å²) in [6.45, 7) is 10.2. The molecule has 1 fully saturated rings. The number of alkyl halides is 4. The minimum atomic E-state index is -4.36. The summed E-state index contributed by atoms with van der Waals surface area (Å²) in [6, 6.07) is 16.0. The molecule has 36 heavy (non-hydrogen) atoms. The Balaban J connectivity index is 1.64. The van der Waals surface area contributed by atoms with Crippen LogP contribution in [0.25, 0.3) is 0 Å². The molecule has 0 amide bonds. The van der Waals surface area contributed by atoms with E-state index in [2.05, 4.69) is 40.5 Å². The maximum atomic E-state index is 13.0. The SMILES string of the molecule is C[Si](C)(C)CCOCN(CCC(Oc1ccc(C(F)(F)F)cc1)c1ccccc1)CC1CC(CBr)C1. The summed E-state index contributed by atoms with van der Waals surface area (Å²) in [5.74, 6) is 1.89. The van der Waals surface area contributed by atoms with Crippen molar-refractivity contribution >= 4 is 24.0 Å². The summed E-state index contributed by atoms with van der Waals surface area (Å²) in [5, 5.41) is 1.06. The Morgan fingerprint density at radius 3 is 2.25 bits per heavy atom. The van der Waals surface area contributed by atoms with Crippen LogP contribution in [0.4, 0.5) is 13.2 Å². The van der Waals surface area contributed by atoms with E-state index in [0.717, 1.165) is 61.1 Å². The second kappa shape index (κ2) is 13.4. The highest BCUT2D eigenvalue weighted by molar-refractivity contribution is 9.09. The number of benzene rings is 2. The van der Waals surface area contributed by atoms with E-state index >= 15 is 0 Å². The van der Waals surface area contributed by atoms with Crippen LogP contribution >= 0.6 is 15.9 Å². The Morgan fingerprint density at radius 1 is 1.00 bits per heavy atom. The molecular weight excluding hydrogens is 547 g/mol. The molecule has 0 heterocycles. The number of rotatable bonds is 14. The third kappa shape index (κ3) is 9.84. The predicted molar refractivity (Wildman–Crippen MR) is 146 cm³/mol. The quantitative estimate of drug-likeness (QED) is 0.0963. The molecule has 2 aromatic rings. The van der Waals surface area contributed by atoms with E-state index in [1.807, 2.05) is 30.3 Å². The van der Waals surface area contributed by atoms with Crippen molar-refractivity contribution in [3.05, 3.63) is 65.7 Å². The van der Waals surface area contributed by atoms with E-state index in [9.17, 15) is 13.2 Å². The molecule has 8 heteroatoms. The van der Waals surface area contributed by atoms with Crippen LogP contribution in [0.2, 0.25) is 25.7 Å². The van der Waals surface area contributed by atoms with Gasteiger partial charge in [0.05, 0.1) is 12.3 Å². The zero-order chi connectivity index (χ0) is 26.2. The van der Waals surface area contributed by atoms with Gasteiger partial charge in [0.1, 0.15) is 11.9 Å². The molecule has 0 bridgehead atoms. The van der Waals surface area contributed by atoms with E-state index in [0.29, 0.717) is 18.4 Å². The molecule has 0 aromatic heterocycles. The minimum Gasteiger partial charge on any atom is -0.486 e. The van der Waals surface area contributed by atoms with E-state index in [4.69, 9.17) is 9.47 Å². The van der Waals surface area contributed by atoms with Crippen molar-refractivity contribution in [1.29, 1.82) is 0 Å². The summed E-state index contributed by atoms with van der Waals surface area (Å²) in [5.41, 5.74) is 0.343. The highest BCUT2D eigenvalue weighted by atomic mass is 79.9. The van der Waals surface area contributed by atoms with Crippen LogP contribution in [0.15, 0.2) is 54.6 Å². The normalized spacial score (nSPS) is 19.2. The van der Waals surface area contributed by atoms with Gasteiger partial charge in [0.25, 0.3) is 0 Å². The predicted octanol–water partition coefficient (Wildman–Crippen LogP) is 8.25. The fraction of sp³-hybridized carbons (Fsp3) is 0.571. The molecule has 0 saturated heterocycles. The third-order valence-corrected chi connectivity index (χ3v) is 9.30. The third-order valence-electron chi connectivity index (χ3n) is 6.68. The Kier molecular flexibility index (Phi) is 10.9. The van der Waals surface area contributed by atoms with Crippen molar-refractivity contribution in [3.63, 3.8) is 0 Å². The molecule has 1 aliphatic rings. The van der Waals surface area contributed by atoms with Gasteiger partial charge in [-0.15, -0.1) is 0 Å². The molecule has 0 spiro atoms. The molecule has 200 valence electrons. The van der Waals surface area contributed by atoms with Gasteiger partial charge in [-0.25, -0.2) is 0 Å². The Labute approximate surface area is 223 Å². The molecule has 1 aliphatic carbocycles. The number of nitrogens with zero attached hydrogens (tertiary/aromatic N) is 1. The standard InChI is InChI=1S/C28H39BrF3NO2Si/c1-36(2,3)16-15-34-21-33(20-23-17-22(18-23)19-29)14-13-27(24-7-5-4-6-8-24)35-26-11-9-25(10-12-26)28(30,31)32/h4-12,22-23,27H,13-21H2,1-3H3. The van der Waals surface area contributed by atoms with Crippen LogP contribution in [0, 0.1) is 11.8 Å². The number of ether oxygens (including phenoxy) is 2. The average Bonchev–Trinajstić information content (AvgIpc) is 2.80. The summed E-state index contributed by atoms with van der Waals surface area (Å²) in [6.07, 6.45) is -1.43. The highest BCUT2D eigenvalue weighted by Gasteiger charge is 2.31. The van der Waals surface area contributed by atoms with E-state index in [-0.39, 0.29) is 6.10 Å². The Bertz CT molecular complexity index is 900. The lowest BCUT2D eigenvalue weighted by Crippen LogP contribution is -2.39. The van der Waals surface area contributed by atoms with Gasteiger partial charge in [-0.3, -0.25) is 4.90 Å². The van der Waals surface area contributed by atoms with Crippen LogP contribution in [-0.4, -0.2) is 44.7 Å². The zero-order valence-corrected chi connectivity index (χ0v) is 24.2. The monoisotopic (exact) mass is 585 g/mol. The van der Waals surface area contributed by atoms with Gasteiger partial charge < -0.3 is 9.47 Å². The lowest BCUT2D eigenvalue weighted by molar-refractivity contribution is -0.137. The lowest BCUT2D eigenvalue weighted by Gasteiger charge is -2.38. The molecule has 1 saturated carbocycles. The first kappa shape index (κ1) is 29.2. The molecule has 3 rings (SSSR count). The molecule has 0 N–H and O–H groups in total. The number of hydrogen-bond donors (Lipinski definition) is 0. The van der Waals surface area contributed by atoms with Gasteiger partial charge in [-0.2, -0.15) is 13.2 Å². The molecule has 0 aliphatic heterocycles. The fourth-order valence-corrected chi connectivity index (χ4v) is 5.73.